The van der Waals surface area contributed by atoms with Crippen LogP contribution >= 0.6 is 0 Å². The molecule has 19 heteroatoms. The Morgan fingerprint density at radius 1 is 0.855 bits per heavy atom. The Hall–Kier alpha value is -7.02. The van der Waals surface area contributed by atoms with Crippen molar-refractivity contribution in [1.29, 1.82) is 0 Å². The SMILES string of the molecule is CC(=O)N1CCc2c(c(N3CCCc4cc(-c5cn(C6CCN(C(=O)COc7ccc8c(c7)C(=O)N(C7CCC(=O)NC7=O)C8=O)CC6)c6ccncc56)c(C(F)F)cc43)nn2C2CCOCC2)C1. The van der Waals surface area contributed by atoms with E-state index in [0.29, 0.717) is 88.4 Å². The number of carbonyl (C=O) groups is 6. The molecule has 1 unspecified atom stereocenters. The van der Waals surface area contributed by atoms with Crippen LogP contribution in [0.25, 0.3) is 22.0 Å². The van der Waals surface area contributed by atoms with Crippen molar-refractivity contribution in [3.63, 3.8) is 0 Å². The van der Waals surface area contributed by atoms with Gasteiger partial charge in [-0.1, -0.05) is 0 Å². The van der Waals surface area contributed by atoms with Crippen LogP contribution in [-0.4, -0.2) is 122 Å². The summed E-state index contributed by atoms with van der Waals surface area (Å²) < 4.78 is 46.8. The van der Waals surface area contributed by atoms with Crippen molar-refractivity contribution in [1.82, 2.24) is 39.3 Å². The molecular weight excluding hydrogens is 893 g/mol. The van der Waals surface area contributed by atoms with Gasteiger partial charge in [-0.15, -0.1) is 0 Å². The standard InChI is InChI=1S/C50H51F2N9O8/c1-28(62)57-18-11-41-39(25-57)47(55-61(41)31-12-19-68-20-13-31)58-15-2-3-29-21-34(35(46(51)52)23-43(29)58)38-26-59(40-8-14-53-24-37(38)40)30-9-16-56(17-10-30)45(64)27-69-32-4-5-33-36(22-32)50(67)60(49(33)66)42-6-7-44(63)54-48(42)65/h4-5,8,14,21-24,26,30-31,42,46H,2-3,6-7,9-13,15-20,25,27H2,1H3,(H,54,63,65). The number of aryl methyl sites for hydroxylation is 1. The van der Waals surface area contributed by atoms with Crippen LogP contribution < -0.4 is 15.0 Å². The summed E-state index contributed by atoms with van der Waals surface area (Å²) in [5.74, 6) is -1.80. The van der Waals surface area contributed by atoms with Gasteiger partial charge in [-0.25, -0.2) is 8.78 Å². The number of ether oxygens (including phenoxy) is 2. The molecule has 0 spiro atoms. The number of benzene rings is 2. The number of hydrogen-bond acceptors (Lipinski definition) is 11. The molecule has 9 heterocycles. The van der Waals surface area contributed by atoms with Gasteiger partial charge < -0.3 is 28.7 Å². The number of nitrogens with one attached hydrogen (secondary N) is 1. The minimum absolute atomic E-state index is 0.00826. The van der Waals surface area contributed by atoms with E-state index >= 15 is 8.78 Å². The lowest BCUT2D eigenvalue weighted by atomic mass is 9.91. The zero-order valence-electron chi connectivity index (χ0n) is 38.1. The molecule has 3 aromatic heterocycles. The van der Waals surface area contributed by atoms with Gasteiger partial charge in [0, 0.05) is 117 Å². The molecule has 1 N–H and O–H groups in total. The third-order valence-corrected chi connectivity index (χ3v) is 14.8. The molecule has 0 saturated carbocycles. The zero-order chi connectivity index (χ0) is 47.7. The van der Waals surface area contributed by atoms with Crippen LogP contribution in [0.1, 0.15) is 113 Å². The van der Waals surface area contributed by atoms with E-state index in [0.717, 1.165) is 57.7 Å². The smallest absolute Gasteiger partial charge is 0.264 e. The van der Waals surface area contributed by atoms with Crippen LogP contribution in [0.15, 0.2) is 55.0 Å². The van der Waals surface area contributed by atoms with E-state index in [1.54, 1.807) is 30.3 Å². The number of nitrogens with zero attached hydrogens (tertiary/aromatic N) is 8. The molecule has 3 saturated heterocycles. The lowest BCUT2D eigenvalue weighted by Crippen LogP contribution is -2.54. The van der Waals surface area contributed by atoms with E-state index < -0.39 is 36.1 Å². The number of imide groups is 2. The summed E-state index contributed by atoms with van der Waals surface area (Å²) in [4.78, 5) is 87.6. The first-order chi connectivity index (χ1) is 33.4. The first-order valence-electron chi connectivity index (χ1n) is 23.8. The van der Waals surface area contributed by atoms with Crippen molar-refractivity contribution in [2.24, 2.45) is 0 Å². The summed E-state index contributed by atoms with van der Waals surface area (Å²) in [6.45, 7) is 5.02. The van der Waals surface area contributed by atoms with Gasteiger partial charge in [0.15, 0.2) is 12.4 Å². The lowest BCUT2D eigenvalue weighted by Gasteiger charge is -2.33. The van der Waals surface area contributed by atoms with E-state index in [4.69, 9.17) is 14.6 Å². The van der Waals surface area contributed by atoms with E-state index in [-0.39, 0.29) is 65.8 Å². The van der Waals surface area contributed by atoms with Gasteiger partial charge in [-0.3, -0.25) is 48.6 Å². The first-order valence-corrected chi connectivity index (χ1v) is 23.8. The molecule has 6 aliphatic rings. The first kappa shape index (κ1) is 44.5. The fourth-order valence-electron chi connectivity index (χ4n) is 11.2. The Morgan fingerprint density at radius 3 is 2.42 bits per heavy atom. The largest absolute Gasteiger partial charge is 0.484 e. The van der Waals surface area contributed by atoms with Crippen molar-refractivity contribution >= 4 is 57.9 Å². The Morgan fingerprint density at radius 2 is 1.65 bits per heavy atom. The van der Waals surface area contributed by atoms with Gasteiger partial charge in [0.25, 0.3) is 24.1 Å². The minimum Gasteiger partial charge on any atom is -0.484 e. The van der Waals surface area contributed by atoms with Gasteiger partial charge in [0.1, 0.15) is 11.8 Å². The number of pyridine rings is 1. The van der Waals surface area contributed by atoms with Crippen LogP contribution in [0.3, 0.4) is 0 Å². The molecule has 17 nitrogen and oxygen atoms in total. The van der Waals surface area contributed by atoms with Crippen molar-refractivity contribution in [2.45, 2.75) is 95.8 Å². The molecule has 3 fully saturated rings. The highest BCUT2D eigenvalue weighted by atomic mass is 19.3. The lowest BCUT2D eigenvalue weighted by molar-refractivity contribution is -0.136. The minimum atomic E-state index is -2.78. The number of halogens is 2. The van der Waals surface area contributed by atoms with E-state index in [1.807, 2.05) is 23.2 Å². The summed E-state index contributed by atoms with van der Waals surface area (Å²) in [6.07, 6.45) is 7.65. The number of amides is 6. The molecule has 11 rings (SSSR count). The number of likely N-dealkylation sites (tertiary alicyclic amines) is 1. The molecule has 2 aromatic carbocycles. The predicted molar refractivity (Wildman–Crippen MR) is 245 cm³/mol. The molecule has 5 aromatic rings. The molecular formula is C50H51F2N9O8. The second-order valence-electron chi connectivity index (χ2n) is 18.7. The molecule has 0 aliphatic carbocycles. The van der Waals surface area contributed by atoms with Gasteiger partial charge in [-0.2, -0.15) is 5.10 Å². The molecule has 0 bridgehead atoms. The van der Waals surface area contributed by atoms with Crippen molar-refractivity contribution in [2.75, 3.05) is 50.9 Å². The second kappa shape index (κ2) is 17.8. The van der Waals surface area contributed by atoms with E-state index in [1.165, 1.54) is 18.2 Å². The van der Waals surface area contributed by atoms with Crippen LogP contribution in [0.5, 0.6) is 5.75 Å². The van der Waals surface area contributed by atoms with Gasteiger partial charge in [0.05, 0.1) is 29.2 Å². The van der Waals surface area contributed by atoms with E-state index in [2.05, 4.69) is 24.4 Å². The highest BCUT2D eigenvalue weighted by Gasteiger charge is 2.45. The van der Waals surface area contributed by atoms with Crippen LogP contribution in [0.4, 0.5) is 20.3 Å². The number of aromatic nitrogens is 4. The van der Waals surface area contributed by atoms with Crippen molar-refractivity contribution in [3.05, 3.63) is 88.5 Å². The average molecular weight is 944 g/mol. The predicted octanol–water partition coefficient (Wildman–Crippen LogP) is 5.82. The van der Waals surface area contributed by atoms with E-state index in [9.17, 15) is 28.8 Å². The number of carbonyl (C=O) groups excluding carboxylic acids is 6. The fourth-order valence-corrected chi connectivity index (χ4v) is 11.2. The quantitative estimate of drug-likeness (QED) is 0.176. The molecule has 6 aliphatic heterocycles. The molecule has 358 valence electrons. The highest BCUT2D eigenvalue weighted by molar-refractivity contribution is 6.23. The monoisotopic (exact) mass is 943 g/mol. The average Bonchev–Trinajstić information content (AvgIpc) is 4.02. The normalized spacial score (nSPS) is 20.1. The van der Waals surface area contributed by atoms with Crippen LogP contribution in [-0.2, 0) is 43.3 Å². The maximum atomic E-state index is 15.5. The van der Waals surface area contributed by atoms with Crippen LogP contribution in [0, 0.1) is 0 Å². The fraction of sp³-hybridized carbons (Fsp3) is 0.440. The van der Waals surface area contributed by atoms with Crippen LogP contribution in [0.2, 0.25) is 0 Å². The number of piperidine rings is 2. The number of alkyl halides is 2. The Labute approximate surface area is 395 Å². The van der Waals surface area contributed by atoms with Crippen molar-refractivity contribution in [3.8, 4) is 16.9 Å². The maximum Gasteiger partial charge on any atom is 0.264 e. The summed E-state index contributed by atoms with van der Waals surface area (Å²) in [5, 5.41) is 8.17. The third kappa shape index (κ3) is 7.89. The maximum absolute atomic E-state index is 15.5. The number of rotatable bonds is 9. The molecule has 0 radical (unpaired) electrons. The summed E-state index contributed by atoms with van der Waals surface area (Å²) in [5.41, 5.74) is 5.78. The third-order valence-electron chi connectivity index (χ3n) is 14.8. The molecule has 6 amide bonds. The summed E-state index contributed by atoms with van der Waals surface area (Å²) in [6, 6.07) is 8.80. The van der Waals surface area contributed by atoms with Gasteiger partial charge >= 0.3 is 0 Å². The van der Waals surface area contributed by atoms with Gasteiger partial charge in [-0.05, 0) is 92.5 Å². The highest BCUT2D eigenvalue weighted by Crippen LogP contribution is 2.46. The Kier molecular flexibility index (Phi) is 11.5. The topological polar surface area (TPSA) is 182 Å². The summed E-state index contributed by atoms with van der Waals surface area (Å²) in [7, 11) is 0. The second-order valence-corrected chi connectivity index (χ2v) is 18.7. The molecule has 69 heavy (non-hydrogen) atoms. The summed E-state index contributed by atoms with van der Waals surface area (Å²) >= 11 is 0. The molecule has 1 atom stereocenters. The van der Waals surface area contributed by atoms with Gasteiger partial charge in [0.2, 0.25) is 17.7 Å². The van der Waals surface area contributed by atoms with Crippen molar-refractivity contribution < 1.29 is 47.0 Å². The Bertz CT molecular complexity index is 2950. The number of anilines is 2. The Balaban J connectivity index is 0.813. The number of hydrogen-bond donors (Lipinski definition) is 1. The zero-order valence-corrected chi connectivity index (χ0v) is 38.1. The number of fused-ring (bicyclic) bond motifs is 4.